The minimum atomic E-state index is -0.855. The quantitative estimate of drug-likeness (QED) is 0.424. The van der Waals surface area contributed by atoms with Gasteiger partial charge < -0.3 is 5.11 Å². The summed E-state index contributed by atoms with van der Waals surface area (Å²) >= 11 is 0. The van der Waals surface area contributed by atoms with E-state index in [-0.39, 0.29) is 0 Å². The Morgan fingerprint density at radius 1 is 1.43 bits per heavy atom. The zero-order valence-corrected chi connectivity index (χ0v) is 8.91. The van der Waals surface area contributed by atoms with Crippen LogP contribution < -0.4 is 0 Å². The molecule has 14 heavy (non-hydrogen) atoms. The third-order valence-corrected chi connectivity index (χ3v) is 1.89. The molecule has 0 radical (unpaired) electrons. The molecule has 0 atom stereocenters. The summed E-state index contributed by atoms with van der Waals surface area (Å²) in [6, 6.07) is 0. The molecule has 0 spiro atoms. The van der Waals surface area contributed by atoms with Crippen LogP contribution in [0.4, 0.5) is 0 Å². The highest BCUT2D eigenvalue weighted by Gasteiger charge is 1.85. The number of rotatable bonds is 4. The van der Waals surface area contributed by atoms with Crippen molar-refractivity contribution in [3.63, 3.8) is 0 Å². The van der Waals surface area contributed by atoms with Crippen molar-refractivity contribution in [2.24, 2.45) is 0 Å². The van der Waals surface area contributed by atoms with Gasteiger partial charge in [-0.3, -0.25) is 0 Å². The average Bonchev–Trinajstić information content (AvgIpc) is 2.70. The van der Waals surface area contributed by atoms with Crippen molar-refractivity contribution < 1.29 is 9.90 Å². The summed E-state index contributed by atoms with van der Waals surface area (Å²) in [7, 11) is 0. The van der Waals surface area contributed by atoms with Crippen LogP contribution in [-0.2, 0) is 4.79 Å². The number of carboxylic acid groups (broad SMARTS) is 1. The first-order chi connectivity index (χ1) is 6.77. The lowest BCUT2D eigenvalue weighted by atomic mass is 10.2. The molecule has 0 aromatic rings. The molecule has 0 saturated carbocycles. The van der Waals surface area contributed by atoms with Crippen LogP contribution in [0.5, 0.6) is 0 Å². The summed E-state index contributed by atoms with van der Waals surface area (Å²) in [4.78, 5) is 9.88. The number of aliphatic carboxylic acids is 1. The second-order valence-corrected chi connectivity index (χ2v) is 3.29. The van der Waals surface area contributed by atoms with Crippen molar-refractivity contribution >= 4 is 5.97 Å². The summed E-state index contributed by atoms with van der Waals surface area (Å²) < 4.78 is 0. The molecule has 1 N–H and O–H groups in total. The van der Waals surface area contributed by atoms with Gasteiger partial charge in [-0.15, -0.1) is 0 Å². The number of unbranched alkanes of at least 4 members (excludes halogenated alkanes) is 2. The van der Waals surface area contributed by atoms with Crippen LogP contribution in [0.15, 0.2) is 24.3 Å². The van der Waals surface area contributed by atoms with Gasteiger partial charge in [0.05, 0.1) is 0 Å². The van der Waals surface area contributed by atoms with E-state index in [1.165, 1.54) is 25.3 Å². The van der Waals surface area contributed by atoms with E-state index in [1.54, 1.807) is 6.08 Å². The minimum absolute atomic E-state index is 0.855. The highest BCUT2D eigenvalue weighted by Crippen LogP contribution is 2.05. The lowest BCUT2D eigenvalue weighted by Gasteiger charge is -1.85. The highest BCUT2D eigenvalue weighted by molar-refractivity contribution is 5.79. The van der Waals surface area contributed by atoms with Gasteiger partial charge in [0.25, 0.3) is 0 Å². The van der Waals surface area contributed by atoms with Crippen molar-refractivity contribution in [2.75, 3.05) is 0 Å². The second kappa shape index (κ2) is 10.0. The topological polar surface area (TPSA) is 37.3 Å². The van der Waals surface area contributed by atoms with Crippen molar-refractivity contribution in [1.82, 2.24) is 0 Å². The third kappa shape index (κ3) is 11.0. The SMILES string of the molecule is C1=CCCC1.CCCCC=CC(=O)O. The van der Waals surface area contributed by atoms with Gasteiger partial charge in [0, 0.05) is 6.08 Å². The molecule has 80 valence electrons. The van der Waals surface area contributed by atoms with Crippen LogP contribution >= 0.6 is 0 Å². The maximum Gasteiger partial charge on any atom is 0.327 e. The minimum Gasteiger partial charge on any atom is -0.478 e. The van der Waals surface area contributed by atoms with Crippen molar-refractivity contribution in [1.29, 1.82) is 0 Å². The fourth-order valence-electron chi connectivity index (χ4n) is 1.10. The van der Waals surface area contributed by atoms with Crippen LogP contribution in [0, 0.1) is 0 Å². The van der Waals surface area contributed by atoms with Crippen LogP contribution in [0.25, 0.3) is 0 Å². The molecule has 2 heteroatoms. The molecule has 1 aliphatic carbocycles. The van der Waals surface area contributed by atoms with Crippen molar-refractivity contribution in [2.45, 2.75) is 45.4 Å². The molecule has 0 unspecified atom stereocenters. The Hall–Kier alpha value is -1.05. The number of allylic oxidation sites excluding steroid dienone is 3. The molecule has 0 aromatic heterocycles. The molecule has 0 aliphatic heterocycles. The molecular formula is C12H20O2. The van der Waals surface area contributed by atoms with Gasteiger partial charge in [-0.1, -0.05) is 38.0 Å². The number of hydrogen-bond donors (Lipinski definition) is 1. The summed E-state index contributed by atoms with van der Waals surface area (Å²) in [5.74, 6) is -0.855. The lowest BCUT2D eigenvalue weighted by molar-refractivity contribution is -0.131. The fraction of sp³-hybridized carbons (Fsp3) is 0.583. The van der Waals surface area contributed by atoms with Gasteiger partial charge in [-0.2, -0.15) is 0 Å². The summed E-state index contributed by atoms with van der Waals surface area (Å²) in [6.07, 6.45) is 14.4. The molecule has 1 aliphatic rings. The standard InChI is InChI=1S/C7H12O2.C5H8/c1-2-3-4-5-6-7(8)9;1-2-4-5-3-1/h5-6H,2-4H2,1H3,(H,8,9);1-2H,3-5H2. The van der Waals surface area contributed by atoms with Gasteiger partial charge in [0.15, 0.2) is 0 Å². The van der Waals surface area contributed by atoms with E-state index in [1.807, 2.05) is 0 Å². The Labute approximate surface area is 86.3 Å². The van der Waals surface area contributed by atoms with Gasteiger partial charge in [0.1, 0.15) is 0 Å². The Morgan fingerprint density at radius 2 is 2.07 bits per heavy atom. The molecule has 0 bridgehead atoms. The third-order valence-electron chi connectivity index (χ3n) is 1.89. The van der Waals surface area contributed by atoms with E-state index in [9.17, 15) is 4.79 Å². The average molecular weight is 196 g/mol. The molecule has 0 heterocycles. The molecule has 1 rings (SSSR count). The van der Waals surface area contributed by atoms with Crippen LogP contribution in [0.3, 0.4) is 0 Å². The zero-order valence-electron chi connectivity index (χ0n) is 8.91. The Kier molecular flexibility index (Phi) is 9.28. The van der Waals surface area contributed by atoms with Gasteiger partial charge in [-0.25, -0.2) is 4.79 Å². The van der Waals surface area contributed by atoms with Crippen LogP contribution in [-0.4, -0.2) is 11.1 Å². The maximum absolute atomic E-state index is 9.88. The largest absolute Gasteiger partial charge is 0.478 e. The molecule has 2 nitrogen and oxygen atoms in total. The molecular weight excluding hydrogens is 176 g/mol. The van der Waals surface area contributed by atoms with E-state index in [4.69, 9.17) is 5.11 Å². The highest BCUT2D eigenvalue weighted by atomic mass is 16.4. The van der Waals surface area contributed by atoms with Crippen molar-refractivity contribution in [3.8, 4) is 0 Å². The van der Waals surface area contributed by atoms with E-state index < -0.39 is 5.97 Å². The van der Waals surface area contributed by atoms with E-state index in [0.717, 1.165) is 19.3 Å². The number of carboxylic acids is 1. The predicted octanol–water partition coefficient (Wildman–Crippen LogP) is 3.54. The first kappa shape index (κ1) is 12.9. The van der Waals surface area contributed by atoms with E-state index in [0.29, 0.717) is 0 Å². The smallest absolute Gasteiger partial charge is 0.327 e. The van der Waals surface area contributed by atoms with Crippen molar-refractivity contribution in [3.05, 3.63) is 24.3 Å². The van der Waals surface area contributed by atoms with Gasteiger partial charge in [0.2, 0.25) is 0 Å². The maximum atomic E-state index is 9.88. The molecule has 0 amide bonds. The van der Waals surface area contributed by atoms with E-state index in [2.05, 4.69) is 19.1 Å². The molecule has 0 fully saturated rings. The summed E-state index contributed by atoms with van der Waals surface area (Å²) in [5, 5.41) is 8.13. The predicted molar refractivity (Wildman–Crippen MR) is 59.3 cm³/mol. The van der Waals surface area contributed by atoms with E-state index >= 15 is 0 Å². The number of carbonyl (C=O) groups is 1. The van der Waals surface area contributed by atoms with Gasteiger partial charge >= 0.3 is 5.97 Å². The monoisotopic (exact) mass is 196 g/mol. The molecule has 0 saturated heterocycles. The van der Waals surface area contributed by atoms with Crippen LogP contribution in [0.1, 0.15) is 45.4 Å². The summed E-state index contributed by atoms with van der Waals surface area (Å²) in [5.41, 5.74) is 0. The van der Waals surface area contributed by atoms with Gasteiger partial charge in [-0.05, 0) is 25.7 Å². The Balaban J connectivity index is 0.000000280. The Bertz CT molecular complexity index is 186. The Morgan fingerprint density at radius 3 is 2.43 bits per heavy atom. The normalized spacial score (nSPS) is 14.1. The second-order valence-electron chi connectivity index (χ2n) is 3.29. The fourth-order valence-corrected chi connectivity index (χ4v) is 1.10. The lowest BCUT2D eigenvalue weighted by Crippen LogP contribution is -1.85. The van der Waals surface area contributed by atoms with Crippen LogP contribution in [0.2, 0.25) is 0 Å². The first-order valence-electron chi connectivity index (χ1n) is 5.31. The zero-order chi connectivity index (χ0) is 10.6. The first-order valence-corrected chi connectivity index (χ1v) is 5.31. The molecule has 0 aromatic carbocycles. The number of hydrogen-bond acceptors (Lipinski definition) is 1. The summed E-state index contributed by atoms with van der Waals surface area (Å²) in [6.45, 7) is 2.08.